The second-order valence-electron chi connectivity index (χ2n) is 11.3. The SMILES string of the molecule is CC(C)=CCC[C@@H](C)[C@H]1CC[C@H]2[C@@H]3CC/C(=N/O)[C@](C)(CCCO)[C@H]3CC[C@]12C. The van der Waals surface area contributed by atoms with Gasteiger partial charge in [-0.15, -0.1) is 0 Å². The van der Waals surface area contributed by atoms with Crippen LogP contribution in [0.4, 0.5) is 0 Å². The number of fused-ring (bicyclic) bond motifs is 3. The van der Waals surface area contributed by atoms with Gasteiger partial charge in [0.2, 0.25) is 0 Å². The summed E-state index contributed by atoms with van der Waals surface area (Å²) in [4.78, 5) is 0. The molecule has 0 amide bonds. The smallest absolute Gasteiger partial charge is 0.0632 e. The lowest BCUT2D eigenvalue weighted by Gasteiger charge is -2.57. The van der Waals surface area contributed by atoms with E-state index in [0.29, 0.717) is 11.3 Å². The second kappa shape index (κ2) is 9.12. The molecule has 0 saturated heterocycles. The van der Waals surface area contributed by atoms with E-state index in [4.69, 9.17) is 0 Å². The van der Waals surface area contributed by atoms with E-state index < -0.39 is 0 Å². The molecule has 0 aromatic rings. The van der Waals surface area contributed by atoms with E-state index >= 15 is 0 Å². The molecular formula is C26H45NO2. The van der Waals surface area contributed by atoms with Crippen LogP contribution in [0.5, 0.6) is 0 Å². The summed E-state index contributed by atoms with van der Waals surface area (Å²) in [6.07, 6.45) is 14.2. The minimum atomic E-state index is -0.0329. The van der Waals surface area contributed by atoms with Gasteiger partial charge in [-0.2, -0.15) is 0 Å². The number of hydrogen-bond acceptors (Lipinski definition) is 3. The lowest BCUT2D eigenvalue weighted by molar-refractivity contribution is -0.0456. The van der Waals surface area contributed by atoms with Crippen molar-refractivity contribution >= 4 is 5.71 Å². The fourth-order valence-corrected chi connectivity index (χ4v) is 8.04. The van der Waals surface area contributed by atoms with Gasteiger partial charge in [-0.25, -0.2) is 0 Å². The molecule has 7 atom stereocenters. The molecule has 0 radical (unpaired) electrons. The summed E-state index contributed by atoms with van der Waals surface area (Å²) in [7, 11) is 0. The molecule has 2 N–H and O–H groups in total. The number of oxime groups is 1. The van der Waals surface area contributed by atoms with Crippen molar-refractivity contribution in [3.8, 4) is 0 Å². The molecule has 3 nitrogen and oxygen atoms in total. The molecular weight excluding hydrogens is 358 g/mol. The fraction of sp³-hybridized carbons (Fsp3) is 0.885. The van der Waals surface area contributed by atoms with Crippen LogP contribution >= 0.6 is 0 Å². The number of allylic oxidation sites excluding steroid dienone is 2. The number of hydrogen-bond donors (Lipinski definition) is 2. The number of aliphatic hydroxyl groups is 1. The minimum absolute atomic E-state index is 0.0329. The van der Waals surface area contributed by atoms with Crippen molar-refractivity contribution in [1.82, 2.24) is 0 Å². The molecule has 0 unspecified atom stereocenters. The van der Waals surface area contributed by atoms with Gasteiger partial charge in [0.15, 0.2) is 0 Å². The first kappa shape index (κ1) is 22.8. The molecule has 0 aromatic carbocycles. The Morgan fingerprint density at radius 1 is 1.17 bits per heavy atom. The molecule has 3 heteroatoms. The first-order valence-corrected chi connectivity index (χ1v) is 12.2. The van der Waals surface area contributed by atoms with Crippen LogP contribution in [0.3, 0.4) is 0 Å². The number of rotatable bonds is 7. The highest BCUT2D eigenvalue weighted by molar-refractivity contribution is 5.90. The maximum absolute atomic E-state index is 9.71. The molecule has 29 heavy (non-hydrogen) atoms. The number of aliphatic hydroxyl groups excluding tert-OH is 1. The van der Waals surface area contributed by atoms with Crippen molar-refractivity contribution in [3.63, 3.8) is 0 Å². The van der Waals surface area contributed by atoms with Gasteiger partial charge < -0.3 is 10.3 Å². The Morgan fingerprint density at radius 3 is 2.59 bits per heavy atom. The van der Waals surface area contributed by atoms with Crippen LogP contribution in [-0.4, -0.2) is 22.6 Å². The van der Waals surface area contributed by atoms with Crippen molar-refractivity contribution in [2.24, 2.45) is 45.6 Å². The first-order chi connectivity index (χ1) is 13.8. The van der Waals surface area contributed by atoms with E-state index in [-0.39, 0.29) is 12.0 Å². The predicted molar refractivity (Wildman–Crippen MR) is 121 cm³/mol. The average Bonchev–Trinajstić information content (AvgIpc) is 3.03. The Kier molecular flexibility index (Phi) is 7.18. The number of nitrogens with zero attached hydrogens (tertiary/aromatic N) is 1. The van der Waals surface area contributed by atoms with Crippen molar-refractivity contribution in [2.45, 2.75) is 98.8 Å². The quantitative estimate of drug-likeness (QED) is 0.278. The topological polar surface area (TPSA) is 52.8 Å². The Hall–Kier alpha value is -0.830. The zero-order valence-corrected chi connectivity index (χ0v) is 19.6. The van der Waals surface area contributed by atoms with E-state index in [0.717, 1.165) is 48.6 Å². The van der Waals surface area contributed by atoms with Gasteiger partial charge in [-0.05, 0) is 113 Å². The van der Waals surface area contributed by atoms with Crippen LogP contribution < -0.4 is 0 Å². The maximum Gasteiger partial charge on any atom is 0.0632 e. The van der Waals surface area contributed by atoms with E-state index in [1.807, 2.05) is 0 Å². The molecule has 0 spiro atoms. The molecule has 0 aliphatic heterocycles. The van der Waals surface area contributed by atoms with Gasteiger partial charge in [0.25, 0.3) is 0 Å². The highest BCUT2D eigenvalue weighted by Crippen LogP contribution is 2.66. The molecule has 166 valence electrons. The van der Waals surface area contributed by atoms with Gasteiger partial charge in [-0.1, -0.05) is 37.6 Å². The molecule has 0 heterocycles. The summed E-state index contributed by atoms with van der Waals surface area (Å²) in [6, 6.07) is 0. The third-order valence-electron chi connectivity index (χ3n) is 9.54. The van der Waals surface area contributed by atoms with Gasteiger partial charge >= 0.3 is 0 Å². The third-order valence-corrected chi connectivity index (χ3v) is 9.54. The fourth-order valence-electron chi connectivity index (χ4n) is 8.04. The van der Waals surface area contributed by atoms with E-state index in [2.05, 4.69) is 45.9 Å². The standard InChI is InChI=1S/C26H45NO2/c1-18(2)8-6-9-19(3)21-11-12-22-20-10-13-24(27-29)26(5,15-7-17-28)23(20)14-16-25(21,22)4/h8,19-23,28-29H,6-7,9-17H2,1-5H3/b27-24-/t19-,20+,21-,22+,23+,25-,26-/m1/s1. The van der Waals surface area contributed by atoms with Gasteiger partial charge in [0.05, 0.1) is 5.71 Å². The highest BCUT2D eigenvalue weighted by atomic mass is 16.4. The molecule has 0 aromatic heterocycles. The zero-order valence-electron chi connectivity index (χ0n) is 19.6. The Labute approximate surface area is 179 Å². The molecule has 3 rings (SSSR count). The van der Waals surface area contributed by atoms with Crippen molar-refractivity contribution in [3.05, 3.63) is 11.6 Å². The van der Waals surface area contributed by atoms with E-state index in [1.165, 1.54) is 50.5 Å². The zero-order chi connectivity index (χ0) is 21.2. The van der Waals surface area contributed by atoms with Crippen LogP contribution in [0, 0.1) is 40.4 Å². The monoisotopic (exact) mass is 403 g/mol. The summed E-state index contributed by atoms with van der Waals surface area (Å²) in [6.45, 7) is 12.1. The summed E-state index contributed by atoms with van der Waals surface area (Å²) >= 11 is 0. The molecule has 3 aliphatic rings. The van der Waals surface area contributed by atoms with Gasteiger partial charge in [0, 0.05) is 12.0 Å². The second-order valence-corrected chi connectivity index (χ2v) is 11.3. The Balaban J connectivity index is 1.77. The first-order valence-electron chi connectivity index (χ1n) is 12.2. The van der Waals surface area contributed by atoms with E-state index in [1.54, 1.807) is 0 Å². The molecule has 3 saturated carbocycles. The van der Waals surface area contributed by atoms with Crippen LogP contribution in [0.2, 0.25) is 0 Å². The van der Waals surface area contributed by atoms with Gasteiger partial charge in [-0.3, -0.25) is 0 Å². The normalized spacial score (nSPS) is 41.7. The van der Waals surface area contributed by atoms with Crippen LogP contribution in [0.15, 0.2) is 16.8 Å². The summed E-state index contributed by atoms with van der Waals surface area (Å²) < 4.78 is 0. The predicted octanol–water partition coefficient (Wildman–Crippen LogP) is 6.83. The van der Waals surface area contributed by atoms with Crippen LogP contribution in [0.1, 0.15) is 98.8 Å². The molecule has 3 fully saturated rings. The van der Waals surface area contributed by atoms with Crippen molar-refractivity contribution in [2.75, 3.05) is 6.61 Å². The highest BCUT2D eigenvalue weighted by Gasteiger charge is 2.59. The third kappa shape index (κ3) is 4.18. The lowest BCUT2D eigenvalue weighted by atomic mass is 9.47. The largest absolute Gasteiger partial charge is 0.411 e. The average molecular weight is 404 g/mol. The van der Waals surface area contributed by atoms with Gasteiger partial charge in [0.1, 0.15) is 0 Å². The Bertz CT molecular complexity index is 622. The van der Waals surface area contributed by atoms with E-state index in [9.17, 15) is 10.3 Å². The molecule has 3 aliphatic carbocycles. The summed E-state index contributed by atoms with van der Waals surface area (Å²) in [5.41, 5.74) is 2.89. The Morgan fingerprint density at radius 2 is 1.93 bits per heavy atom. The van der Waals surface area contributed by atoms with Crippen molar-refractivity contribution < 1.29 is 10.3 Å². The van der Waals surface area contributed by atoms with Crippen LogP contribution in [0.25, 0.3) is 0 Å². The lowest BCUT2D eigenvalue weighted by Crippen LogP contribution is -2.52. The summed E-state index contributed by atoms with van der Waals surface area (Å²) in [5.74, 6) is 3.86. The van der Waals surface area contributed by atoms with Crippen molar-refractivity contribution in [1.29, 1.82) is 0 Å². The maximum atomic E-state index is 9.71. The minimum Gasteiger partial charge on any atom is -0.411 e. The summed E-state index contributed by atoms with van der Waals surface area (Å²) in [5, 5.41) is 22.9. The van der Waals surface area contributed by atoms with Crippen LogP contribution in [-0.2, 0) is 0 Å². The molecule has 0 bridgehead atoms.